The number of furan rings is 1. The molecule has 0 aliphatic carbocycles. The lowest BCUT2D eigenvalue weighted by Crippen LogP contribution is -2.47. The highest BCUT2D eigenvalue weighted by molar-refractivity contribution is 5.93. The van der Waals surface area contributed by atoms with Crippen molar-refractivity contribution in [1.29, 1.82) is 0 Å². The number of nitrogens with zero attached hydrogens (tertiary/aromatic N) is 1. The largest absolute Gasteiger partial charge is 0.472 e. The van der Waals surface area contributed by atoms with Crippen LogP contribution in [0.2, 0.25) is 0 Å². The number of nitrogens with one attached hydrogen (secondary N) is 1. The first-order chi connectivity index (χ1) is 9.08. The fraction of sp³-hybridized carbons (Fsp3) is 0.571. The van der Waals surface area contributed by atoms with Gasteiger partial charge in [-0.25, -0.2) is 0 Å². The van der Waals surface area contributed by atoms with Gasteiger partial charge in [-0.2, -0.15) is 0 Å². The number of piperidine rings is 1. The molecular weight excluding hydrogens is 244 g/mol. The van der Waals surface area contributed by atoms with Crippen LogP contribution in [-0.2, 0) is 4.79 Å². The molecule has 5 heteroatoms. The first kappa shape index (κ1) is 13.6. The van der Waals surface area contributed by atoms with Gasteiger partial charge in [0.25, 0.3) is 5.91 Å². The van der Waals surface area contributed by atoms with Crippen molar-refractivity contribution >= 4 is 11.8 Å². The average molecular weight is 264 g/mol. The van der Waals surface area contributed by atoms with Gasteiger partial charge in [0.1, 0.15) is 6.26 Å². The van der Waals surface area contributed by atoms with E-state index in [1.54, 1.807) is 6.07 Å². The highest BCUT2D eigenvalue weighted by Crippen LogP contribution is 2.14. The molecule has 1 saturated heterocycles. The van der Waals surface area contributed by atoms with Crippen LogP contribution in [0.1, 0.15) is 37.0 Å². The lowest BCUT2D eigenvalue weighted by molar-refractivity contribution is -0.124. The SMILES string of the molecule is CC(C)C(=O)NC1CCN(C(=O)c2ccoc2)CC1. The minimum absolute atomic E-state index is 0.00221. The van der Waals surface area contributed by atoms with Crippen LogP contribution in [0.5, 0.6) is 0 Å². The first-order valence-corrected chi connectivity index (χ1v) is 6.69. The van der Waals surface area contributed by atoms with Crippen molar-refractivity contribution in [3.05, 3.63) is 24.2 Å². The van der Waals surface area contributed by atoms with Crippen molar-refractivity contribution in [1.82, 2.24) is 10.2 Å². The van der Waals surface area contributed by atoms with E-state index in [0.717, 1.165) is 12.8 Å². The monoisotopic (exact) mass is 264 g/mol. The van der Waals surface area contributed by atoms with E-state index in [1.807, 2.05) is 18.7 Å². The Morgan fingerprint density at radius 2 is 2.05 bits per heavy atom. The van der Waals surface area contributed by atoms with Gasteiger partial charge in [-0.15, -0.1) is 0 Å². The summed E-state index contributed by atoms with van der Waals surface area (Å²) in [5.41, 5.74) is 0.588. The van der Waals surface area contributed by atoms with Gasteiger partial charge in [0.15, 0.2) is 0 Å². The molecule has 1 fully saturated rings. The molecular formula is C14H20N2O3. The quantitative estimate of drug-likeness (QED) is 0.903. The predicted molar refractivity (Wildman–Crippen MR) is 70.6 cm³/mol. The van der Waals surface area contributed by atoms with Gasteiger partial charge in [-0.3, -0.25) is 9.59 Å². The molecule has 19 heavy (non-hydrogen) atoms. The van der Waals surface area contributed by atoms with Crippen molar-refractivity contribution < 1.29 is 14.0 Å². The van der Waals surface area contributed by atoms with Crippen LogP contribution in [0.3, 0.4) is 0 Å². The maximum Gasteiger partial charge on any atom is 0.257 e. The summed E-state index contributed by atoms with van der Waals surface area (Å²) in [6.07, 6.45) is 4.59. The Morgan fingerprint density at radius 1 is 1.37 bits per heavy atom. The van der Waals surface area contributed by atoms with Gasteiger partial charge in [0.2, 0.25) is 5.91 Å². The van der Waals surface area contributed by atoms with E-state index in [2.05, 4.69) is 5.32 Å². The number of hydrogen-bond donors (Lipinski definition) is 1. The number of amides is 2. The zero-order valence-corrected chi connectivity index (χ0v) is 11.4. The normalized spacial score (nSPS) is 16.7. The van der Waals surface area contributed by atoms with E-state index in [-0.39, 0.29) is 23.8 Å². The second-order valence-electron chi connectivity index (χ2n) is 5.24. The molecule has 2 amide bonds. The average Bonchev–Trinajstić information content (AvgIpc) is 2.92. The second-order valence-corrected chi connectivity index (χ2v) is 5.24. The molecule has 1 aromatic rings. The number of carbonyl (C=O) groups excluding carboxylic acids is 2. The molecule has 0 radical (unpaired) electrons. The first-order valence-electron chi connectivity index (χ1n) is 6.69. The molecule has 2 rings (SSSR count). The number of hydrogen-bond acceptors (Lipinski definition) is 3. The second kappa shape index (κ2) is 5.91. The molecule has 0 saturated carbocycles. The van der Waals surface area contributed by atoms with Gasteiger partial charge < -0.3 is 14.6 Å². The van der Waals surface area contributed by atoms with Crippen molar-refractivity contribution in [3.8, 4) is 0 Å². The maximum atomic E-state index is 12.1. The number of carbonyl (C=O) groups is 2. The minimum Gasteiger partial charge on any atom is -0.472 e. The Hall–Kier alpha value is -1.78. The molecule has 0 atom stereocenters. The maximum absolute atomic E-state index is 12.1. The summed E-state index contributed by atoms with van der Waals surface area (Å²) in [4.78, 5) is 25.5. The molecule has 2 heterocycles. The fourth-order valence-electron chi connectivity index (χ4n) is 2.16. The lowest BCUT2D eigenvalue weighted by Gasteiger charge is -2.32. The van der Waals surface area contributed by atoms with Crippen molar-refractivity contribution in [2.75, 3.05) is 13.1 Å². The fourth-order valence-corrected chi connectivity index (χ4v) is 2.16. The zero-order valence-electron chi connectivity index (χ0n) is 11.4. The highest BCUT2D eigenvalue weighted by atomic mass is 16.3. The van der Waals surface area contributed by atoms with E-state index < -0.39 is 0 Å². The predicted octanol–water partition coefficient (Wildman–Crippen LogP) is 1.66. The van der Waals surface area contributed by atoms with Gasteiger partial charge in [0, 0.05) is 25.0 Å². The van der Waals surface area contributed by atoms with Gasteiger partial charge >= 0.3 is 0 Å². The van der Waals surface area contributed by atoms with Crippen LogP contribution in [0, 0.1) is 5.92 Å². The number of rotatable bonds is 3. The third kappa shape index (κ3) is 3.36. The van der Waals surface area contributed by atoms with E-state index in [9.17, 15) is 9.59 Å². The third-order valence-electron chi connectivity index (χ3n) is 3.42. The standard InChI is InChI=1S/C14H20N2O3/c1-10(2)13(17)15-12-3-6-16(7-4-12)14(18)11-5-8-19-9-11/h5,8-10,12H,3-4,6-7H2,1-2H3,(H,15,17). The molecule has 104 valence electrons. The molecule has 1 aliphatic rings. The molecule has 5 nitrogen and oxygen atoms in total. The lowest BCUT2D eigenvalue weighted by atomic mass is 10.0. The van der Waals surface area contributed by atoms with Gasteiger partial charge in [-0.1, -0.05) is 13.8 Å². The summed E-state index contributed by atoms with van der Waals surface area (Å²) in [5.74, 6) is 0.0904. The Morgan fingerprint density at radius 3 is 2.58 bits per heavy atom. The van der Waals surface area contributed by atoms with Crippen molar-refractivity contribution in [2.24, 2.45) is 5.92 Å². The molecule has 1 aromatic heterocycles. The third-order valence-corrected chi connectivity index (χ3v) is 3.42. The summed E-state index contributed by atoms with van der Waals surface area (Å²) in [7, 11) is 0. The molecule has 0 unspecified atom stereocenters. The van der Waals surface area contributed by atoms with Crippen molar-refractivity contribution in [2.45, 2.75) is 32.7 Å². The van der Waals surface area contributed by atoms with Crippen LogP contribution in [0.15, 0.2) is 23.0 Å². The minimum atomic E-state index is 0.00221. The Labute approximate surface area is 113 Å². The zero-order chi connectivity index (χ0) is 13.8. The van der Waals surface area contributed by atoms with Gasteiger partial charge in [0.05, 0.1) is 11.8 Å². The van der Waals surface area contributed by atoms with Crippen LogP contribution in [-0.4, -0.2) is 35.8 Å². The Balaban J connectivity index is 1.82. The van der Waals surface area contributed by atoms with Gasteiger partial charge in [-0.05, 0) is 18.9 Å². The van der Waals surface area contributed by atoms with Crippen LogP contribution >= 0.6 is 0 Å². The summed E-state index contributed by atoms with van der Waals surface area (Å²) in [6, 6.07) is 1.86. The molecule has 0 bridgehead atoms. The van der Waals surface area contributed by atoms with E-state index in [0.29, 0.717) is 18.7 Å². The molecule has 0 spiro atoms. The van der Waals surface area contributed by atoms with Crippen molar-refractivity contribution in [3.63, 3.8) is 0 Å². The summed E-state index contributed by atoms with van der Waals surface area (Å²) in [5, 5.41) is 3.02. The summed E-state index contributed by atoms with van der Waals surface area (Å²) < 4.78 is 4.92. The van der Waals surface area contributed by atoms with Crippen LogP contribution in [0.25, 0.3) is 0 Å². The Bertz CT molecular complexity index is 432. The Kier molecular flexibility index (Phi) is 4.24. The summed E-state index contributed by atoms with van der Waals surface area (Å²) in [6.45, 7) is 5.11. The molecule has 1 N–H and O–H groups in total. The smallest absolute Gasteiger partial charge is 0.257 e. The van der Waals surface area contributed by atoms with Crippen LogP contribution < -0.4 is 5.32 Å². The highest BCUT2D eigenvalue weighted by Gasteiger charge is 2.25. The van der Waals surface area contributed by atoms with E-state index >= 15 is 0 Å². The summed E-state index contributed by atoms with van der Waals surface area (Å²) >= 11 is 0. The van der Waals surface area contributed by atoms with E-state index in [4.69, 9.17) is 4.42 Å². The number of likely N-dealkylation sites (tertiary alicyclic amines) is 1. The molecule has 0 aromatic carbocycles. The van der Waals surface area contributed by atoms with Crippen LogP contribution in [0.4, 0.5) is 0 Å². The van der Waals surface area contributed by atoms with E-state index in [1.165, 1.54) is 12.5 Å². The topological polar surface area (TPSA) is 62.6 Å². The molecule has 1 aliphatic heterocycles.